The summed E-state index contributed by atoms with van der Waals surface area (Å²) in [5.74, 6) is 4.76. The Bertz CT molecular complexity index is 2810. The lowest BCUT2D eigenvalue weighted by molar-refractivity contribution is -0.199. The third-order valence-electron chi connectivity index (χ3n) is 13.7. The molecule has 1 aliphatic carbocycles. The van der Waals surface area contributed by atoms with Gasteiger partial charge < -0.3 is 39.4 Å². The van der Waals surface area contributed by atoms with E-state index in [-0.39, 0.29) is 68.3 Å². The highest BCUT2D eigenvalue weighted by Gasteiger charge is 2.67. The first-order valence-electron chi connectivity index (χ1n) is 24.0. The standard InChI is InChI=1S/C55H63ClN6O9S/c1-32(36-15-17-37(18-16-36)46-33(2)58-31-72-46)59-48(65)44-27-40(70-34(3)63)29-61(44)50(67)47(53(4,5)6)60-45(64)30-69-24-23-68-22-12-13-35-14-20-41-38(25-35)28-62(49(41)66)51-54(7,8)52(55(51,9)10)71-39-19-21-43(57-11)42(56)26-39/h14-21,25-26,31-32,40,44,47,51-52H,22-24,27-30H2,1-10H3,(H,59,65)(H,60,64)/t32-,40+,44-,47+,51?,52?/m0/s1. The molecule has 0 unspecified atom stereocenters. The van der Waals surface area contributed by atoms with Crippen molar-refractivity contribution in [2.24, 2.45) is 16.2 Å². The van der Waals surface area contributed by atoms with Crippen molar-refractivity contribution >= 4 is 58.2 Å². The molecule has 2 fully saturated rings. The molecule has 3 heterocycles. The van der Waals surface area contributed by atoms with Gasteiger partial charge in [0.2, 0.25) is 23.4 Å². The van der Waals surface area contributed by atoms with Crippen LogP contribution in [0.4, 0.5) is 5.69 Å². The first kappa shape index (κ1) is 53.5. The molecule has 2 aliphatic heterocycles. The summed E-state index contributed by atoms with van der Waals surface area (Å²) in [5, 5.41) is 6.20. The van der Waals surface area contributed by atoms with Crippen molar-refractivity contribution in [2.75, 3.05) is 33.0 Å². The van der Waals surface area contributed by atoms with Crippen LogP contribution in [0.3, 0.4) is 0 Å². The monoisotopic (exact) mass is 1020 g/mol. The second-order valence-corrected chi connectivity index (χ2v) is 22.2. The Morgan fingerprint density at radius 1 is 1.00 bits per heavy atom. The van der Waals surface area contributed by atoms with E-state index in [4.69, 9.17) is 37.1 Å². The predicted molar refractivity (Wildman–Crippen MR) is 274 cm³/mol. The predicted octanol–water partition coefficient (Wildman–Crippen LogP) is 8.49. The first-order valence-corrected chi connectivity index (χ1v) is 25.3. The number of carbonyl (C=O) groups excluding carboxylic acids is 5. The summed E-state index contributed by atoms with van der Waals surface area (Å²) in [4.78, 5) is 79.4. The van der Waals surface area contributed by atoms with Gasteiger partial charge in [0.15, 0.2) is 0 Å². The molecular weight excluding hydrogens is 956 g/mol. The molecule has 4 atom stereocenters. The Labute approximate surface area is 431 Å². The topological polar surface area (TPSA) is 170 Å². The zero-order valence-corrected chi connectivity index (χ0v) is 44.1. The van der Waals surface area contributed by atoms with Gasteiger partial charge in [-0.25, -0.2) is 9.83 Å². The van der Waals surface area contributed by atoms with Gasteiger partial charge in [-0.3, -0.25) is 24.0 Å². The highest BCUT2D eigenvalue weighted by molar-refractivity contribution is 7.13. The quantitative estimate of drug-likeness (QED) is 0.0481. The van der Waals surface area contributed by atoms with Crippen LogP contribution < -0.4 is 15.4 Å². The van der Waals surface area contributed by atoms with Crippen molar-refractivity contribution in [1.82, 2.24) is 25.4 Å². The number of nitrogens with one attached hydrogen (secondary N) is 2. The summed E-state index contributed by atoms with van der Waals surface area (Å²) in [6.07, 6.45) is -0.809. The fraction of sp³-hybridized carbons (Fsp3) is 0.473. The smallest absolute Gasteiger partial charge is 0.302 e. The van der Waals surface area contributed by atoms with Crippen LogP contribution in [0.5, 0.6) is 5.75 Å². The molecule has 2 N–H and O–H groups in total. The average Bonchev–Trinajstić information content (AvgIpc) is 4.03. The third kappa shape index (κ3) is 11.6. The SMILES string of the molecule is [C-]#[N+]c1ccc(OC2C(C)(C)C(N3Cc4cc(C#CCOCCOCC(=O)N[C@H](C(=O)N5C[C@H](OC(C)=O)C[C@H]5C(=O)N[C@@H](C)c5ccc(-c6scnc6C)cc5)C(C)(C)C)ccc4C3=O)C2(C)C)cc1Cl. The molecule has 380 valence electrons. The lowest BCUT2D eigenvalue weighted by atomic mass is 9.49. The van der Waals surface area contributed by atoms with Crippen LogP contribution in [0.15, 0.2) is 66.2 Å². The molecular formula is C55H63ClN6O9S. The van der Waals surface area contributed by atoms with Crippen LogP contribution in [0.2, 0.25) is 5.02 Å². The van der Waals surface area contributed by atoms with E-state index in [9.17, 15) is 24.0 Å². The third-order valence-corrected chi connectivity index (χ3v) is 15.0. The van der Waals surface area contributed by atoms with Gasteiger partial charge in [0.1, 0.15) is 43.3 Å². The second-order valence-electron chi connectivity index (χ2n) is 20.9. The van der Waals surface area contributed by atoms with Gasteiger partial charge in [-0.1, -0.05) is 102 Å². The summed E-state index contributed by atoms with van der Waals surface area (Å²) in [5.41, 5.74) is 5.78. The summed E-state index contributed by atoms with van der Waals surface area (Å²) in [7, 11) is 0. The lowest BCUT2D eigenvalue weighted by Crippen LogP contribution is -2.74. The minimum atomic E-state index is -1.03. The van der Waals surface area contributed by atoms with Gasteiger partial charge in [-0.2, -0.15) is 0 Å². The Morgan fingerprint density at radius 3 is 2.35 bits per heavy atom. The number of aromatic nitrogens is 1. The largest absolute Gasteiger partial charge is 0.489 e. The minimum Gasteiger partial charge on any atom is -0.489 e. The maximum Gasteiger partial charge on any atom is 0.302 e. The first-order chi connectivity index (χ1) is 34.0. The maximum absolute atomic E-state index is 14.3. The minimum absolute atomic E-state index is 0.00716. The summed E-state index contributed by atoms with van der Waals surface area (Å²) >= 11 is 7.86. The van der Waals surface area contributed by atoms with E-state index >= 15 is 0 Å². The highest BCUT2D eigenvalue weighted by atomic mass is 35.5. The van der Waals surface area contributed by atoms with Crippen molar-refractivity contribution < 1.29 is 42.9 Å². The van der Waals surface area contributed by atoms with Crippen LogP contribution in [0, 0.1) is 41.6 Å². The molecule has 15 nitrogen and oxygen atoms in total. The molecule has 7 rings (SSSR count). The number of thiazole rings is 1. The van der Waals surface area contributed by atoms with E-state index in [1.807, 2.05) is 82.0 Å². The van der Waals surface area contributed by atoms with Crippen molar-refractivity contribution in [3.63, 3.8) is 0 Å². The number of nitrogens with zero attached hydrogens (tertiary/aromatic N) is 4. The van der Waals surface area contributed by atoms with Gasteiger partial charge in [0.05, 0.1) is 53.5 Å². The number of benzene rings is 3. The van der Waals surface area contributed by atoms with Gasteiger partial charge in [-0.15, -0.1) is 11.3 Å². The number of hydrogen-bond donors (Lipinski definition) is 2. The van der Waals surface area contributed by atoms with E-state index in [0.29, 0.717) is 28.6 Å². The molecule has 3 aromatic carbocycles. The van der Waals surface area contributed by atoms with Crippen molar-refractivity contribution in [3.8, 4) is 28.0 Å². The molecule has 3 aliphatic rings. The molecule has 1 saturated carbocycles. The summed E-state index contributed by atoms with van der Waals surface area (Å²) in [6.45, 7) is 26.7. The van der Waals surface area contributed by atoms with Gasteiger partial charge >= 0.3 is 5.97 Å². The number of fused-ring (bicyclic) bond motifs is 1. The zero-order chi connectivity index (χ0) is 52.3. The average molecular weight is 1020 g/mol. The van der Waals surface area contributed by atoms with Crippen LogP contribution >= 0.6 is 22.9 Å². The number of hydrogen-bond acceptors (Lipinski definition) is 11. The Balaban J connectivity index is 0.871. The normalized spacial score (nSPS) is 20.5. The summed E-state index contributed by atoms with van der Waals surface area (Å²) < 4.78 is 23.2. The number of amides is 4. The highest BCUT2D eigenvalue weighted by Crippen LogP contribution is 2.59. The number of ether oxygens (including phenoxy) is 4. The fourth-order valence-corrected chi connectivity index (χ4v) is 11.7. The van der Waals surface area contributed by atoms with E-state index in [1.165, 1.54) is 11.8 Å². The molecule has 72 heavy (non-hydrogen) atoms. The molecule has 4 amide bonds. The number of aryl methyl sites for hydroxylation is 1. The number of likely N-dealkylation sites (tertiary alicyclic amines) is 1. The number of carbonyl (C=O) groups is 5. The van der Waals surface area contributed by atoms with E-state index in [2.05, 4.69) is 60.0 Å². The van der Waals surface area contributed by atoms with Crippen molar-refractivity contribution in [2.45, 2.75) is 119 Å². The molecule has 0 bridgehead atoms. The number of halogens is 1. The molecule has 4 aromatic rings. The molecule has 17 heteroatoms. The molecule has 1 saturated heterocycles. The number of esters is 1. The van der Waals surface area contributed by atoms with Crippen molar-refractivity contribution in [1.29, 1.82) is 0 Å². The molecule has 0 radical (unpaired) electrons. The zero-order valence-electron chi connectivity index (χ0n) is 42.5. The second kappa shape index (κ2) is 21.8. The molecule has 0 spiro atoms. The summed E-state index contributed by atoms with van der Waals surface area (Å²) in [6, 6.07) is 16.1. The molecule has 1 aromatic heterocycles. The van der Waals surface area contributed by atoms with Crippen LogP contribution in [-0.2, 0) is 39.9 Å². The Morgan fingerprint density at radius 2 is 1.71 bits per heavy atom. The lowest BCUT2D eigenvalue weighted by Gasteiger charge is -2.65. The van der Waals surface area contributed by atoms with Crippen LogP contribution in [-0.4, -0.2) is 108 Å². The van der Waals surface area contributed by atoms with Gasteiger partial charge in [0, 0.05) is 47.9 Å². The van der Waals surface area contributed by atoms with E-state index in [1.54, 1.807) is 35.0 Å². The Hall–Kier alpha value is -6.30. The Kier molecular flexibility index (Phi) is 16.2. The van der Waals surface area contributed by atoms with E-state index in [0.717, 1.165) is 32.8 Å². The van der Waals surface area contributed by atoms with Gasteiger partial charge in [0.25, 0.3) is 5.91 Å². The van der Waals surface area contributed by atoms with Gasteiger partial charge in [-0.05, 0) is 66.3 Å². The fourth-order valence-electron chi connectivity index (χ4n) is 10.7. The van der Waals surface area contributed by atoms with Crippen LogP contribution in [0.1, 0.15) is 108 Å². The number of rotatable bonds is 16. The maximum atomic E-state index is 14.3. The van der Waals surface area contributed by atoms with Crippen LogP contribution in [0.25, 0.3) is 15.3 Å². The van der Waals surface area contributed by atoms with E-state index < -0.39 is 53.3 Å². The van der Waals surface area contributed by atoms with Crippen molar-refractivity contribution in [3.05, 3.63) is 111 Å².